The Morgan fingerprint density at radius 2 is 1.81 bits per heavy atom. The second kappa shape index (κ2) is 9.87. The zero-order chi connectivity index (χ0) is 23.4. The fourth-order valence-electron chi connectivity index (χ4n) is 3.64. The van der Waals surface area contributed by atoms with Crippen molar-refractivity contribution in [3.05, 3.63) is 74.1 Å². The monoisotopic (exact) mass is 456 g/mol. The van der Waals surface area contributed by atoms with Gasteiger partial charge in [0.25, 0.3) is 0 Å². The zero-order valence-electron chi connectivity index (χ0n) is 18.0. The number of methoxy groups -OCH3 is 1. The number of ether oxygens (including phenoxy) is 1. The highest BCUT2D eigenvalue weighted by Gasteiger charge is 2.18. The standard InChI is InChI=1S/C24H24ClNO6/c1-13-17-8-10-20(31-3)14(2)22(17)32-24(30)18(13)9-11-21(27)26-19(23(28)29)12-15-4-6-16(25)7-5-15/h4-8,10,19H,9,11-12H2,1-3H3,(H,26,27)(H,28,29)/p-1/t19-/m0/s1. The summed E-state index contributed by atoms with van der Waals surface area (Å²) in [5, 5.41) is 15.2. The number of hydrogen-bond donors (Lipinski definition) is 1. The summed E-state index contributed by atoms with van der Waals surface area (Å²) < 4.78 is 10.8. The van der Waals surface area contributed by atoms with Crippen molar-refractivity contribution in [2.45, 2.75) is 39.2 Å². The highest BCUT2D eigenvalue weighted by Crippen LogP contribution is 2.29. The number of carboxylic acid groups (broad SMARTS) is 1. The predicted molar refractivity (Wildman–Crippen MR) is 119 cm³/mol. The normalized spacial score (nSPS) is 11.9. The molecule has 1 amide bonds. The Bertz CT molecular complexity index is 1220. The van der Waals surface area contributed by atoms with Gasteiger partial charge in [0.15, 0.2) is 0 Å². The lowest BCUT2D eigenvalue weighted by atomic mass is 10.00. The molecule has 1 aromatic heterocycles. The minimum absolute atomic E-state index is 0.0590. The van der Waals surface area contributed by atoms with Crippen molar-refractivity contribution < 1.29 is 23.8 Å². The van der Waals surface area contributed by atoms with Crippen LogP contribution in [0.2, 0.25) is 5.02 Å². The van der Waals surface area contributed by atoms with E-state index in [9.17, 15) is 19.5 Å². The van der Waals surface area contributed by atoms with Gasteiger partial charge < -0.3 is 24.4 Å². The van der Waals surface area contributed by atoms with Gasteiger partial charge in [0, 0.05) is 28.0 Å². The number of halogens is 1. The first-order valence-electron chi connectivity index (χ1n) is 10.1. The van der Waals surface area contributed by atoms with E-state index in [0.717, 1.165) is 5.39 Å². The third kappa shape index (κ3) is 5.11. The maximum absolute atomic E-state index is 12.6. The van der Waals surface area contributed by atoms with Crippen LogP contribution in [-0.4, -0.2) is 25.0 Å². The second-order valence-corrected chi connectivity index (χ2v) is 7.97. The minimum atomic E-state index is -1.39. The van der Waals surface area contributed by atoms with Crippen LogP contribution in [0.3, 0.4) is 0 Å². The Labute approximate surface area is 190 Å². The van der Waals surface area contributed by atoms with E-state index in [0.29, 0.717) is 38.6 Å². The lowest BCUT2D eigenvalue weighted by molar-refractivity contribution is -0.308. The molecule has 0 spiro atoms. The number of benzene rings is 2. The van der Waals surface area contributed by atoms with E-state index in [1.165, 1.54) is 0 Å². The first-order chi connectivity index (χ1) is 15.2. The van der Waals surface area contributed by atoms with E-state index in [1.807, 2.05) is 0 Å². The minimum Gasteiger partial charge on any atom is -0.548 e. The summed E-state index contributed by atoms with van der Waals surface area (Å²) in [7, 11) is 1.54. The molecular formula is C24H23ClNO6-. The van der Waals surface area contributed by atoms with Gasteiger partial charge in [-0.1, -0.05) is 23.7 Å². The molecule has 0 radical (unpaired) electrons. The van der Waals surface area contributed by atoms with E-state index >= 15 is 0 Å². The Hall–Kier alpha value is -3.32. The fraction of sp³-hybridized carbons (Fsp3) is 0.292. The Kier molecular flexibility index (Phi) is 7.20. The SMILES string of the molecule is COc1ccc2c(C)c(CCC(=O)N[C@@H](Cc3ccc(Cl)cc3)C(=O)[O-])c(=O)oc2c1C. The van der Waals surface area contributed by atoms with Crippen molar-refractivity contribution >= 4 is 34.4 Å². The van der Waals surface area contributed by atoms with Crippen LogP contribution in [0, 0.1) is 13.8 Å². The quantitative estimate of drug-likeness (QED) is 0.521. The van der Waals surface area contributed by atoms with Crippen LogP contribution in [0.15, 0.2) is 45.6 Å². The molecular weight excluding hydrogens is 434 g/mol. The van der Waals surface area contributed by atoms with Crippen molar-refractivity contribution in [2.24, 2.45) is 0 Å². The van der Waals surface area contributed by atoms with Gasteiger partial charge in [0.2, 0.25) is 5.91 Å². The van der Waals surface area contributed by atoms with Gasteiger partial charge in [-0.15, -0.1) is 0 Å². The number of aryl methyl sites for hydroxylation is 2. The van der Waals surface area contributed by atoms with Crippen LogP contribution in [0.1, 0.15) is 28.7 Å². The van der Waals surface area contributed by atoms with Gasteiger partial charge in [-0.05, 0) is 62.1 Å². The third-order valence-electron chi connectivity index (χ3n) is 5.45. The Morgan fingerprint density at radius 1 is 1.12 bits per heavy atom. The predicted octanol–water partition coefficient (Wildman–Crippen LogP) is 2.48. The van der Waals surface area contributed by atoms with Gasteiger partial charge in [0.1, 0.15) is 11.3 Å². The molecule has 1 heterocycles. The topological polar surface area (TPSA) is 109 Å². The van der Waals surface area contributed by atoms with Gasteiger partial charge in [0.05, 0.1) is 19.1 Å². The maximum atomic E-state index is 12.6. The summed E-state index contributed by atoms with van der Waals surface area (Å²) in [5.74, 6) is -1.28. The van der Waals surface area contributed by atoms with Crippen LogP contribution >= 0.6 is 11.6 Å². The lowest BCUT2D eigenvalue weighted by Gasteiger charge is -2.20. The number of carbonyl (C=O) groups is 2. The summed E-state index contributed by atoms with van der Waals surface area (Å²) in [6.45, 7) is 3.60. The summed E-state index contributed by atoms with van der Waals surface area (Å²) in [6, 6.07) is 9.06. The molecule has 8 heteroatoms. The van der Waals surface area contributed by atoms with Crippen molar-refractivity contribution in [1.82, 2.24) is 5.32 Å². The molecule has 0 saturated heterocycles. The van der Waals surface area contributed by atoms with E-state index < -0.39 is 23.5 Å². The lowest BCUT2D eigenvalue weighted by Crippen LogP contribution is -2.49. The number of carbonyl (C=O) groups excluding carboxylic acids is 2. The van der Waals surface area contributed by atoms with Gasteiger partial charge >= 0.3 is 5.63 Å². The van der Waals surface area contributed by atoms with E-state index in [1.54, 1.807) is 57.4 Å². The molecule has 1 atom stereocenters. The molecule has 0 bridgehead atoms. The molecule has 1 N–H and O–H groups in total. The van der Waals surface area contributed by atoms with Crippen molar-refractivity contribution in [3.8, 4) is 5.75 Å². The van der Waals surface area contributed by atoms with Crippen molar-refractivity contribution in [2.75, 3.05) is 7.11 Å². The zero-order valence-corrected chi connectivity index (χ0v) is 18.7. The smallest absolute Gasteiger partial charge is 0.339 e. The van der Waals surface area contributed by atoms with Crippen LogP contribution in [-0.2, 0) is 22.4 Å². The molecule has 0 saturated carbocycles. The highest BCUT2D eigenvalue weighted by atomic mass is 35.5. The van der Waals surface area contributed by atoms with Gasteiger partial charge in [-0.3, -0.25) is 4.79 Å². The van der Waals surface area contributed by atoms with E-state index in [2.05, 4.69) is 5.32 Å². The molecule has 0 aliphatic rings. The van der Waals surface area contributed by atoms with Crippen LogP contribution in [0.4, 0.5) is 0 Å². The number of hydrogen-bond acceptors (Lipinski definition) is 6. The average Bonchev–Trinajstić information content (AvgIpc) is 2.75. The summed E-state index contributed by atoms with van der Waals surface area (Å²) in [5.41, 5.74) is 2.42. The number of rotatable bonds is 8. The number of amides is 1. The summed E-state index contributed by atoms with van der Waals surface area (Å²) in [6.07, 6.45) is 0.0991. The first kappa shape index (κ1) is 23.3. The van der Waals surface area contributed by atoms with Crippen molar-refractivity contribution in [1.29, 1.82) is 0 Å². The van der Waals surface area contributed by atoms with Gasteiger partial charge in [-0.2, -0.15) is 0 Å². The fourth-order valence-corrected chi connectivity index (χ4v) is 3.76. The second-order valence-electron chi connectivity index (χ2n) is 7.53. The molecule has 168 valence electrons. The summed E-state index contributed by atoms with van der Waals surface area (Å²) in [4.78, 5) is 36.5. The molecule has 3 rings (SSSR count). The first-order valence-corrected chi connectivity index (χ1v) is 10.4. The van der Waals surface area contributed by atoms with Gasteiger partial charge in [-0.25, -0.2) is 4.79 Å². The molecule has 2 aromatic carbocycles. The van der Waals surface area contributed by atoms with Crippen molar-refractivity contribution in [3.63, 3.8) is 0 Å². The van der Waals surface area contributed by atoms with E-state index in [-0.39, 0.29) is 19.3 Å². The van der Waals surface area contributed by atoms with Crippen LogP contribution in [0.5, 0.6) is 5.75 Å². The molecule has 0 aliphatic heterocycles. The molecule has 0 aliphatic carbocycles. The molecule has 3 aromatic rings. The number of aliphatic carboxylic acids is 1. The molecule has 0 unspecified atom stereocenters. The Morgan fingerprint density at radius 3 is 2.44 bits per heavy atom. The largest absolute Gasteiger partial charge is 0.548 e. The number of fused-ring (bicyclic) bond motifs is 1. The highest BCUT2D eigenvalue weighted by molar-refractivity contribution is 6.30. The average molecular weight is 457 g/mol. The Balaban J connectivity index is 1.73. The van der Waals surface area contributed by atoms with Crippen LogP contribution < -0.4 is 20.8 Å². The number of nitrogens with one attached hydrogen (secondary N) is 1. The molecule has 7 nitrogen and oxygen atoms in total. The third-order valence-corrected chi connectivity index (χ3v) is 5.70. The van der Waals surface area contributed by atoms with E-state index in [4.69, 9.17) is 20.8 Å². The number of carboxylic acids is 1. The molecule has 32 heavy (non-hydrogen) atoms. The molecule has 0 fully saturated rings. The maximum Gasteiger partial charge on any atom is 0.339 e. The van der Waals surface area contributed by atoms with Crippen LogP contribution in [0.25, 0.3) is 11.0 Å². The summed E-state index contributed by atoms with van der Waals surface area (Å²) >= 11 is 5.84.